The van der Waals surface area contributed by atoms with Gasteiger partial charge in [0.15, 0.2) is 0 Å². The molecule has 1 amide bonds. The molecule has 1 fully saturated rings. The first-order valence-electron chi connectivity index (χ1n) is 7.56. The van der Waals surface area contributed by atoms with Crippen molar-refractivity contribution in [2.24, 2.45) is 5.92 Å². The quantitative estimate of drug-likeness (QED) is 0.888. The topological polar surface area (TPSA) is 41.1 Å². The third-order valence-corrected chi connectivity index (χ3v) is 3.97. The molecule has 1 saturated heterocycles. The molecule has 2 N–H and O–H groups in total. The Morgan fingerprint density at radius 2 is 1.80 bits per heavy atom. The maximum atomic E-state index is 12.0. The van der Waals surface area contributed by atoms with Crippen molar-refractivity contribution >= 4 is 11.6 Å². The van der Waals surface area contributed by atoms with Crippen LogP contribution in [0.4, 0.5) is 5.69 Å². The molecule has 1 aromatic carbocycles. The van der Waals surface area contributed by atoms with Crippen LogP contribution in [0.25, 0.3) is 0 Å². The molecular formula is C17H26N2O. The highest BCUT2D eigenvalue weighted by molar-refractivity contribution is 5.90. The van der Waals surface area contributed by atoms with Crippen LogP contribution in [0.3, 0.4) is 0 Å². The van der Waals surface area contributed by atoms with Crippen LogP contribution in [-0.4, -0.2) is 19.0 Å². The molecule has 0 aromatic heterocycles. The van der Waals surface area contributed by atoms with Gasteiger partial charge in [-0.2, -0.15) is 0 Å². The van der Waals surface area contributed by atoms with Crippen LogP contribution < -0.4 is 10.6 Å². The molecule has 1 aliphatic rings. The van der Waals surface area contributed by atoms with E-state index < -0.39 is 0 Å². The van der Waals surface area contributed by atoms with Crippen molar-refractivity contribution < 1.29 is 4.79 Å². The number of anilines is 1. The monoisotopic (exact) mass is 274 g/mol. The molecule has 1 aliphatic heterocycles. The molecule has 0 saturated carbocycles. The highest BCUT2D eigenvalue weighted by Crippen LogP contribution is 2.24. The first-order chi connectivity index (χ1) is 9.45. The number of benzene rings is 1. The van der Waals surface area contributed by atoms with Crippen LogP contribution in [-0.2, 0) is 10.2 Å². The molecule has 0 spiro atoms. The molecule has 0 aliphatic carbocycles. The van der Waals surface area contributed by atoms with E-state index in [1.165, 1.54) is 5.56 Å². The summed E-state index contributed by atoms with van der Waals surface area (Å²) in [5, 5.41) is 6.33. The van der Waals surface area contributed by atoms with Gasteiger partial charge in [0.1, 0.15) is 0 Å². The minimum absolute atomic E-state index is 0.139. The van der Waals surface area contributed by atoms with Gasteiger partial charge in [-0.3, -0.25) is 4.79 Å². The Balaban J connectivity index is 1.87. The maximum absolute atomic E-state index is 12.0. The lowest BCUT2D eigenvalue weighted by Gasteiger charge is -2.22. The Morgan fingerprint density at radius 3 is 2.35 bits per heavy atom. The van der Waals surface area contributed by atoms with Crippen LogP contribution in [0.15, 0.2) is 24.3 Å². The molecule has 110 valence electrons. The summed E-state index contributed by atoms with van der Waals surface area (Å²) in [5.74, 6) is 0.672. The SMILES string of the molecule is CC(C)(C)c1ccc(NC(=O)CC2CCNCC2)cc1. The Morgan fingerprint density at radius 1 is 1.20 bits per heavy atom. The average molecular weight is 274 g/mol. The molecular weight excluding hydrogens is 248 g/mol. The molecule has 3 heteroatoms. The first-order valence-corrected chi connectivity index (χ1v) is 7.56. The number of rotatable bonds is 3. The highest BCUT2D eigenvalue weighted by atomic mass is 16.1. The van der Waals surface area contributed by atoms with E-state index in [2.05, 4.69) is 43.5 Å². The van der Waals surface area contributed by atoms with Crippen molar-refractivity contribution in [3.63, 3.8) is 0 Å². The third kappa shape index (κ3) is 4.34. The van der Waals surface area contributed by atoms with Gasteiger partial charge in [-0.1, -0.05) is 32.9 Å². The van der Waals surface area contributed by atoms with E-state index in [0.717, 1.165) is 31.6 Å². The van der Waals surface area contributed by atoms with Gasteiger partial charge in [0.25, 0.3) is 0 Å². The minimum atomic E-state index is 0.139. The second-order valence-electron chi connectivity index (χ2n) is 6.77. The standard InChI is InChI=1S/C17H26N2O/c1-17(2,3)14-4-6-15(7-5-14)19-16(20)12-13-8-10-18-11-9-13/h4-7,13,18H,8-12H2,1-3H3,(H,19,20). The van der Waals surface area contributed by atoms with Gasteiger partial charge < -0.3 is 10.6 Å². The fraction of sp³-hybridized carbons (Fsp3) is 0.588. The van der Waals surface area contributed by atoms with E-state index in [1.807, 2.05) is 12.1 Å². The summed E-state index contributed by atoms with van der Waals surface area (Å²) in [6, 6.07) is 8.20. The van der Waals surface area contributed by atoms with Gasteiger partial charge in [0, 0.05) is 12.1 Å². The summed E-state index contributed by atoms with van der Waals surface area (Å²) in [6.07, 6.45) is 2.86. The third-order valence-electron chi connectivity index (χ3n) is 3.97. The predicted molar refractivity (Wildman–Crippen MR) is 84.0 cm³/mol. The van der Waals surface area contributed by atoms with E-state index in [0.29, 0.717) is 12.3 Å². The Bertz CT molecular complexity index is 439. The predicted octanol–water partition coefficient (Wildman–Crippen LogP) is 3.31. The molecule has 0 unspecified atom stereocenters. The first kappa shape index (κ1) is 15.0. The summed E-state index contributed by atoms with van der Waals surface area (Å²) in [6.45, 7) is 8.66. The van der Waals surface area contributed by atoms with Gasteiger partial charge in [-0.25, -0.2) is 0 Å². The summed E-state index contributed by atoms with van der Waals surface area (Å²) >= 11 is 0. The fourth-order valence-electron chi connectivity index (χ4n) is 2.61. The summed E-state index contributed by atoms with van der Waals surface area (Å²) in [5.41, 5.74) is 2.34. The zero-order valence-corrected chi connectivity index (χ0v) is 12.8. The van der Waals surface area contributed by atoms with Gasteiger partial charge in [0.05, 0.1) is 0 Å². The Labute approximate surface area is 122 Å². The largest absolute Gasteiger partial charge is 0.326 e. The van der Waals surface area contributed by atoms with Gasteiger partial charge in [0.2, 0.25) is 5.91 Å². The zero-order chi connectivity index (χ0) is 14.6. The summed E-state index contributed by atoms with van der Waals surface area (Å²) in [7, 11) is 0. The molecule has 1 aromatic rings. The molecule has 3 nitrogen and oxygen atoms in total. The number of hydrogen-bond donors (Lipinski definition) is 2. The number of hydrogen-bond acceptors (Lipinski definition) is 2. The zero-order valence-electron chi connectivity index (χ0n) is 12.8. The maximum Gasteiger partial charge on any atom is 0.224 e. The van der Waals surface area contributed by atoms with Crippen LogP contribution in [0.1, 0.15) is 45.6 Å². The van der Waals surface area contributed by atoms with Gasteiger partial charge >= 0.3 is 0 Å². The number of carbonyl (C=O) groups is 1. The highest BCUT2D eigenvalue weighted by Gasteiger charge is 2.17. The van der Waals surface area contributed by atoms with Crippen molar-refractivity contribution in [1.82, 2.24) is 5.32 Å². The van der Waals surface area contributed by atoms with Crippen molar-refractivity contribution in [3.8, 4) is 0 Å². The van der Waals surface area contributed by atoms with Crippen LogP contribution >= 0.6 is 0 Å². The minimum Gasteiger partial charge on any atom is -0.326 e. The van der Waals surface area contributed by atoms with E-state index in [-0.39, 0.29) is 11.3 Å². The number of nitrogens with one attached hydrogen (secondary N) is 2. The lowest BCUT2D eigenvalue weighted by atomic mass is 9.87. The molecule has 0 atom stereocenters. The van der Waals surface area contributed by atoms with Crippen molar-refractivity contribution in [2.45, 2.75) is 45.4 Å². The normalized spacial score (nSPS) is 16.9. The fourth-order valence-corrected chi connectivity index (χ4v) is 2.61. The van der Waals surface area contributed by atoms with Crippen molar-refractivity contribution in [2.75, 3.05) is 18.4 Å². The molecule has 2 rings (SSSR count). The molecule has 0 bridgehead atoms. The van der Waals surface area contributed by atoms with E-state index in [4.69, 9.17) is 0 Å². The van der Waals surface area contributed by atoms with Crippen molar-refractivity contribution in [1.29, 1.82) is 0 Å². The van der Waals surface area contributed by atoms with E-state index in [1.54, 1.807) is 0 Å². The lowest BCUT2D eigenvalue weighted by molar-refractivity contribution is -0.117. The van der Waals surface area contributed by atoms with E-state index in [9.17, 15) is 4.79 Å². The summed E-state index contributed by atoms with van der Waals surface area (Å²) in [4.78, 5) is 12.0. The van der Waals surface area contributed by atoms with Crippen LogP contribution in [0.2, 0.25) is 0 Å². The van der Waals surface area contributed by atoms with Crippen LogP contribution in [0.5, 0.6) is 0 Å². The Kier molecular flexibility index (Phi) is 4.81. The molecule has 0 radical (unpaired) electrons. The summed E-state index contributed by atoms with van der Waals surface area (Å²) < 4.78 is 0. The number of amides is 1. The number of carbonyl (C=O) groups excluding carboxylic acids is 1. The van der Waals surface area contributed by atoms with Crippen molar-refractivity contribution in [3.05, 3.63) is 29.8 Å². The molecule has 1 heterocycles. The average Bonchev–Trinajstić information content (AvgIpc) is 2.39. The second kappa shape index (κ2) is 6.40. The number of piperidine rings is 1. The smallest absolute Gasteiger partial charge is 0.224 e. The van der Waals surface area contributed by atoms with Gasteiger partial charge in [-0.15, -0.1) is 0 Å². The second-order valence-corrected chi connectivity index (χ2v) is 6.77. The molecule has 20 heavy (non-hydrogen) atoms. The van der Waals surface area contributed by atoms with Gasteiger partial charge in [-0.05, 0) is 55.0 Å². The van der Waals surface area contributed by atoms with E-state index >= 15 is 0 Å². The lowest BCUT2D eigenvalue weighted by Crippen LogP contribution is -2.30. The van der Waals surface area contributed by atoms with Crippen LogP contribution in [0, 0.1) is 5.92 Å². The Hall–Kier alpha value is -1.35.